The minimum Gasteiger partial charge on any atom is -0.497 e. The van der Waals surface area contributed by atoms with Crippen LogP contribution >= 0.6 is 0 Å². The van der Waals surface area contributed by atoms with E-state index in [1.54, 1.807) is 13.2 Å². The van der Waals surface area contributed by atoms with Crippen molar-refractivity contribution in [2.24, 2.45) is 5.10 Å². The molecule has 0 spiro atoms. The maximum atomic E-state index is 11.9. The Morgan fingerprint density at radius 2 is 1.81 bits per heavy atom. The van der Waals surface area contributed by atoms with E-state index in [4.69, 9.17) is 4.74 Å². The van der Waals surface area contributed by atoms with Crippen LogP contribution in [0.1, 0.15) is 29.5 Å². The quantitative estimate of drug-likeness (QED) is 0.593. The molecule has 136 valence electrons. The molecule has 2 N–H and O–H groups in total. The lowest BCUT2D eigenvalue weighted by molar-refractivity contribution is -0.124. The Morgan fingerprint density at radius 3 is 2.54 bits per heavy atom. The van der Waals surface area contributed by atoms with Gasteiger partial charge >= 0.3 is 0 Å². The number of nitrogens with one attached hydrogen (secondary N) is 2. The summed E-state index contributed by atoms with van der Waals surface area (Å²) in [4.78, 5) is 23.7. The lowest BCUT2D eigenvalue weighted by Crippen LogP contribution is -2.20. The standard InChI is InChI=1S/C20H23N3O3/c1-14-7-8-17(11-15(14)2)22-19(24)9-10-20(25)23-21-13-16-5-4-6-18(12-16)26-3/h4-8,11-13H,9-10H2,1-3H3,(H,22,24)(H,23,25)/b21-13+. The molecule has 0 aliphatic heterocycles. The Hall–Kier alpha value is -3.15. The van der Waals surface area contributed by atoms with Gasteiger partial charge in [-0.05, 0) is 54.8 Å². The molecule has 0 aromatic heterocycles. The van der Waals surface area contributed by atoms with Gasteiger partial charge in [-0.1, -0.05) is 18.2 Å². The normalized spacial score (nSPS) is 10.6. The highest BCUT2D eigenvalue weighted by Gasteiger charge is 2.07. The Morgan fingerprint density at radius 1 is 1.04 bits per heavy atom. The lowest BCUT2D eigenvalue weighted by atomic mass is 10.1. The molecule has 0 radical (unpaired) electrons. The van der Waals surface area contributed by atoms with Crippen molar-refractivity contribution in [1.82, 2.24) is 5.43 Å². The summed E-state index contributed by atoms with van der Waals surface area (Å²) in [7, 11) is 1.58. The zero-order chi connectivity index (χ0) is 18.9. The van der Waals surface area contributed by atoms with Gasteiger partial charge in [-0.3, -0.25) is 9.59 Å². The van der Waals surface area contributed by atoms with Gasteiger partial charge in [-0.25, -0.2) is 5.43 Å². The van der Waals surface area contributed by atoms with Crippen molar-refractivity contribution in [2.75, 3.05) is 12.4 Å². The molecule has 0 aliphatic rings. The zero-order valence-electron chi connectivity index (χ0n) is 15.2. The van der Waals surface area contributed by atoms with Crippen molar-refractivity contribution in [2.45, 2.75) is 26.7 Å². The van der Waals surface area contributed by atoms with Gasteiger partial charge in [0, 0.05) is 18.5 Å². The molecule has 26 heavy (non-hydrogen) atoms. The van der Waals surface area contributed by atoms with Gasteiger partial charge in [-0.2, -0.15) is 5.10 Å². The summed E-state index contributed by atoms with van der Waals surface area (Å²) < 4.78 is 5.12. The first-order chi connectivity index (χ1) is 12.5. The second kappa shape index (κ2) is 9.36. The Labute approximate surface area is 153 Å². The number of carbonyl (C=O) groups is 2. The zero-order valence-corrected chi connectivity index (χ0v) is 15.2. The molecule has 0 unspecified atom stereocenters. The van der Waals surface area contributed by atoms with Crippen LogP contribution in [0.4, 0.5) is 5.69 Å². The number of methoxy groups -OCH3 is 1. The topological polar surface area (TPSA) is 79.8 Å². The average molecular weight is 353 g/mol. The van der Waals surface area contributed by atoms with E-state index in [9.17, 15) is 9.59 Å². The number of carbonyl (C=O) groups excluding carboxylic acids is 2. The van der Waals surface area contributed by atoms with Crippen molar-refractivity contribution < 1.29 is 14.3 Å². The second-order valence-corrected chi connectivity index (χ2v) is 5.92. The minimum absolute atomic E-state index is 0.0616. The fourth-order valence-corrected chi connectivity index (χ4v) is 2.23. The number of nitrogens with zero attached hydrogens (tertiary/aromatic N) is 1. The number of benzene rings is 2. The molecule has 6 nitrogen and oxygen atoms in total. The van der Waals surface area contributed by atoms with Gasteiger partial charge in [-0.15, -0.1) is 0 Å². The van der Waals surface area contributed by atoms with Crippen LogP contribution in [0.2, 0.25) is 0 Å². The van der Waals surface area contributed by atoms with E-state index in [1.807, 2.05) is 50.2 Å². The molecule has 2 aromatic rings. The van der Waals surface area contributed by atoms with E-state index in [0.29, 0.717) is 5.75 Å². The first-order valence-electron chi connectivity index (χ1n) is 8.31. The Bertz CT molecular complexity index is 816. The minimum atomic E-state index is -0.320. The number of hydrogen-bond acceptors (Lipinski definition) is 4. The smallest absolute Gasteiger partial charge is 0.240 e. The third-order valence-electron chi connectivity index (χ3n) is 3.87. The van der Waals surface area contributed by atoms with Gasteiger partial charge in [0.15, 0.2) is 0 Å². The molecular weight excluding hydrogens is 330 g/mol. The van der Waals surface area contributed by atoms with Crippen molar-refractivity contribution in [3.63, 3.8) is 0 Å². The average Bonchev–Trinajstić information content (AvgIpc) is 2.63. The first-order valence-corrected chi connectivity index (χ1v) is 8.31. The van der Waals surface area contributed by atoms with Gasteiger partial charge in [0.1, 0.15) is 5.75 Å². The lowest BCUT2D eigenvalue weighted by Gasteiger charge is -2.07. The van der Waals surface area contributed by atoms with Gasteiger partial charge in [0.25, 0.3) is 0 Å². The van der Waals surface area contributed by atoms with Crippen molar-refractivity contribution in [3.05, 3.63) is 59.2 Å². The fourth-order valence-electron chi connectivity index (χ4n) is 2.23. The summed E-state index contributed by atoms with van der Waals surface area (Å²) in [5.74, 6) is 0.183. The predicted octanol–water partition coefficient (Wildman–Crippen LogP) is 3.18. The monoisotopic (exact) mass is 353 g/mol. The van der Waals surface area contributed by atoms with Gasteiger partial charge in [0.2, 0.25) is 11.8 Å². The van der Waals surface area contributed by atoms with Crippen LogP contribution in [-0.2, 0) is 9.59 Å². The van der Waals surface area contributed by atoms with Crippen molar-refractivity contribution >= 4 is 23.7 Å². The summed E-state index contributed by atoms with van der Waals surface area (Å²) in [5.41, 5.74) is 6.22. The number of ether oxygens (including phenoxy) is 1. The highest BCUT2D eigenvalue weighted by atomic mass is 16.5. The highest BCUT2D eigenvalue weighted by Crippen LogP contribution is 2.14. The molecular formula is C20H23N3O3. The Balaban J connectivity index is 1.76. The highest BCUT2D eigenvalue weighted by molar-refractivity contribution is 5.93. The van der Waals surface area contributed by atoms with Crippen LogP contribution in [0.5, 0.6) is 5.75 Å². The third-order valence-corrected chi connectivity index (χ3v) is 3.87. The van der Waals surface area contributed by atoms with E-state index >= 15 is 0 Å². The molecule has 2 amide bonds. The number of hydrogen-bond donors (Lipinski definition) is 2. The molecule has 0 heterocycles. The molecule has 2 aromatic carbocycles. The van der Waals surface area contributed by atoms with E-state index in [-0.39, 0.29) is 24.7 Å². The van der Waals surface area contributed by atoms with Gasteiger partial charge in [0.05, 0.1) is 13.3 Å². The molecule has 0 aliphatic carbocycles. The number of anilines is 1. The van der Waals surface area contributed by atoms with Crippen LogP contribution in [0.25, 0.3) is 0 Å². The summed E-state index contributed by atoms with van der Waals surface area (Å²) >= 11 is 0. The van der Waals surface area contributed by atoms with E-state index < -0.39 is 0 Å². The van der Waals surface area contributed by atoms with E-state index in [2.05, 4.69) is 15.8 Å². The SMILES string of the molecule is COc1cccc(/C=N/NC(=O)CCC(=O)Nc2ccc(C)c(C)c2)c1. The van der Waals surface area contributed by atoms with E-state index in [0.717, 1.165) is 22.4 Å². The molecule has 0 fully saturated rings. The van der Waals surface area contributed by atoms with Crippen LogP contribution < -0.4 is 15.5 Å². The summed E-state index contributed by atoms with van der Waals surface area (Å²) in [6.07, 6.45) is 1.68. The van der Waals surface area contributed by atoms with Crippen LogP contribution in [-0.4, -0.2) is 25.1 Å². The number of amides is 2. The van der Waals surface area contributed by atoms with Crippen LogP contribution in [0.15, 0.2) is 47.6 Å². The molecule has 0 saturated carbocycles. The molecule has 2 rings (SSSR count). The van der Waals surface area contributed by atoms with E-state index in [1.165, 1.54) is 6.21 Å². The first kappa shape index (κ1) is 19.2. The summed E-state index contributed by atoms with van der Waals surface area (Å²) in [6, 6.07) is 13.0. The summed E-state index contributed by atoms with van der Waals surface area (Å²) in [6.45, 7) is 4.00. The second-order valence-electron chi connectivity index (χ2n) is 5.92. The maximum absolute atomic E-state index is 11.9. The third kappa shape index (κ3) is 6.05. The number of aryl methyl sites for hydroxylation is 2. The number of hydrazone groups is 1. The predicted molar refractivity (Wildman–Crippen MR) is 103 cm³/mol. The largest absolute Gasteiger partial charge is 0.497 e. The van der Waals surface area contributed by atoms with Crippen LogP contribution in [0, 0.1) is 13.8 Å². The van der Waals surface area contributed by atoms with Crippen molar-refractivity contribution in [3.8, 4) is 5.75 Å². The molecule has 0 bridgehead atoms. The maximum Gasteiger partial charge on any atom is 0.240 e. The van der Waals surface area contributed by atoms with Crippen LogP contribution in [0.3, 0.4) is 0 Å². The molecule has 0 atom stereocenters. The number of rotatable bonds is 7. The Kier molecular flexibility index (Phi) is 6.91. The molecule has 6 heteroatoms. The van der Waals surface area contributed by atoms with Gasteiger partial charge < -0.3 is 10.1 Å². The fraction of sp³-hybridized carbons (Fsp3) is 0.250. The summed E-state index contributed by atoms with van der Waals surface area (Å²) in [5, 5.41) is 6.68. The van der Waals surface area contributed by atoms with Crippen molar-refractivity contribution in [1.29, 1.82) is 0 Å². The molecule has 0 saturated heterocycles.